The van der Waals surface area contributed by atoms with Crippen LogP contribution < -0.4 is 0 Å². The first kappa shape index (κ1) is 14.0. The smallest absolute Gasteiger partial charge is 0.310 e. The van der Waals surface area contributed by atoms with E-state index in [-0.39, 0.29) is 24.3 Å². The zero-order valence-electron chi connectivity index (χ0n) is 10.0. The summed E-state index contributed by atoms with van der Waals surface area (Å²) in [6.07, 6.45) is -2.89. The molecular formula is C12H12F2N2O2. The lowest BCUT2D eigenvalue weighted by Crippen LogP contribution is -2.11. The van der Waals surface area contributed by atoms with Gasteiger partial charge in [-0.25, -0.2) is 13.8 Å². The molecule has 96 valence electrons. The minimum atomic E-state index is -2.74. The summed E-state index contributed by atoms with van der Waals surface area (Å²) in [6.45, 7) is 3.35. The van der Waals surface area contributed by atoms with Crippen LogP contribution in [0.1, 0.15) is 35.9 Å². The van der Waals surface area contributed by atoms with Gasteiger partial charge in [-0.3, -0.25) is 4.79 Å². The van der Waals surface area contributed by atoms with Gasteiger partial charge in [0.1, 0.15) is 17.5 Å². The van der Waals surface area contributed by atoms with Gasteiger partial charge in [0, 0.05) is 0 Å². The first-order chi connectivity index (χ1) is 8.49. The van der Waals surface area contributed by atoms with E-state index in [2.05, 4.69) is 4.98 Å². The summed E-state index contributed by atoms with van der Waals surface area (Å²) in [4.78, 5) is 14.9. The van der Waals surface area contributed by atoms with Crippen molar-refractivity contribution in [1.29, 1.82) is 5.26 Å². The molecule has 0 radical (unpaired) electrons. The summed E-state index contributed by atoms with van der Waals surface area (Å²) in [7, 11) is 0. The molecule has 18 heavy (non-hydrogen) atoms. The zero-order chi connectivity index (χ0) is 13.7. The summed E-state index contributed by atoms with van der Waals surface area (Å²) < 4.78 is 29.9. The molecule has 0 aliphatic carbocycles. The van der Waals surface area contributed by atoms with Gasteiger partial charge in [-0.2, -0.15) is 5.26 Å². The standard InChI is InChI=1S/C12H12F2N2O2/c1-3-18-10(17)5-8-4-7(2)11(12(13)14)16-9(8)6-15/h4,12H,3,5H2,1-2H3. The van der Waals surface area contributed by atoms with E-state index in [1.165, 1.54) is 13.0 Å². The predicted octanol–water partition coefficient (Wildman–Crippen LogP) is 2.30. The Morgan fingerprint density at radius 1 is 1.61 bits per heavy atom. The van der Waals surface area contributed by atoms with Crippen LogP contribution in [-0.2, 0) is 16.0 Å². The number of carbonyl (C=O) groups excluding carboxylic acids is 1. The Bertz CT molecular complexity index is 496. The number of rotatable bonds is 4. The lowest BCUT2D eigenvalue weighted by Gasteiger charge is -2.08. The van der Waals surface area contributed by atoms with Gasteiger partial charge in [0.05, 0.1) is 13.0 Å². The second-order valence-electron chi connectivity index (χ2n) is 3.59. The third kappa shape index (κ3) is 3.23. The summed E-state index contributed by atoms with van der Waals surface area (Å²) >= 11 is 0. The highest BCUT2D eigenvalue weighted by molar-refractivity contribution is 5.73. The molecule has 1 aromatic rings. The van der Waals surface area contributed by atoms with E-state index >= 15 is 0 Å². The van der Waals surface area contributed by atoms with Crippen LogP contribution in [0.3, 0.4) is 0 Å². The first-order valence-corrected chi connectivity index (χ1v) is 5.33. The van der Waals surface area contributed by atoms with E-state index in [9.17, 15) is 13.6 Å². The van der Waals surface area contributed by atoms with Gasteiger partial charge >= 0.3 is 5.97 Å². The molecule has 0 aromatic carbocycles. The topological polar surface area (TPSA) is 63.0 Å². The molecule has 1 rings (SSSR count). The number of carbonyl (C=O) groups is 1. The quantitative estimate of drug-likeness (QED) is 0.773. The van der Waals surface area contributed by atoms with Gasteiger partial charge < -0.3 is 4.74 Å². The molecule has 0 atom stereocenters. The largest absolute Gasteiger partial charge is 0.466 e. The van der Waals surface area contributed by atoms with Crippen LogP contribution in [0.2, 0.25) is 0 Å². The van der Waals surface area contributed by atoms with Crippen molar-refractivity contribution in [3.05, 3.63) is 28.6 Å². The number of hydrogen-bond donors (Lipinski definition) is 0. The normalized spacial score (nSPS) is 10.2. The van der Waals surface area contributed by atoms with E-state index in [0.29, 0.717) is 5.56 Å². The SMILES string of the molecule is CCOC(=O)Cc1cc(C)c(C(F)F)nc1C#N. The molecule has 6 heteroatoms. The van der Waals surface area contributed by atoms with Gasteiger partial charge in [-0.15, -0.1) is 0 Å². The Hall–Kier alpha value is -2.03. The zero-order valence-corrected chi connectivity index (χ0v) is 10.0. The number of alkyl halides is 2. The number of nitrogens with zero attached hydrogens (tertiary/aromatic N) is 2. The summed E-state index contributed by atoms with van der Waals surface area (Å²) in [5, 5.41) is 8.85. The molecule has 0 unspecified atom stereocenters. The van der Waals surface area contributed by atoms with E-state index < -0.39 is 18.1 Å². The molecule has 1 aromatic heterocycles. The molecule has 0 N–H and O–H groups in total. The highest BCUT2D eigenvalue weighted by Gasteiger charge is 2.18. The highest BCUT2D eigenvalue weighted by atomic mass is 19.3. The Labute approximate surface area is 103 Å². The maximum absolute atomic E-state index is 12.6. The number of esters is 1. The molecule has 0 aliphatic rings. The second-order valence-corrected chi connectivity index (χ2v) is 3.59. The molecule has 0 saturated heterocycles. The minimum Gasteiger partial charge on any atom is -0.466 e. The predicted molar refractivity (Wildman–Crippen MR) is 59.0 cm³/mol. The number of halogens is 2. The third-order valence-electron chi connectivity index (χ3n) is 2.28. The third-order valence-corrected chi connectivity index (χ3v) is 2.28. The fourth-order valence-electron chi connectivity index (χ4n) is 1.50. The fraction of sp³-hybridized carbons (Fsp3) is 0.417. The maximum atomic E-state index is 12.6. The van der Waals surface area contributed by atoms with Crippen molar-refractivity contribution in [1.82, 2.24) is 4.98 Å². The minimum absolute atomic E-state index is 0.145. The second kappa shape index (κ2) is 6.05. The van der Waals surface area contributed by atoms with Crippen LogP contribution in [0, 0.1) is 18.3 Å². The van der Waals surface area contributed by atoms with Crippen LogP contribution in [-0.4, -0.2) is 17.6 Å². The fourth-order valence-corrected chi connectivity index (χ4v) is 1.50. The summed E-state index contributed by atoms with van der Waals surface area (Å²) in [6, 6.07) is 3.09. The van der Waals surface area contributed by atoms with Crippen LogP contribution in [0.25, 0.3) is 0 Å². The number of pyridine rings is 1. The molecule has 0 bridgehead atoms. The summed E-state index contributed by atoms with van der Waals surface area (Å²) in [5.41, 5.74) is -0.0377. The van der Waals surface area contributed by atoms with E-state index in [0.717, 1.165) is 0 Å². The van der Waals surface area contributed by atoms with Crippen molar-refractivity contribution in [2.24, 2.45) is 0 Å². The van der Waals surface area contributed by atoms with Crippen LogP contribution in [0.5, 0.6) is 0 Å². The Morgan fingerprint density at radius 2 is 2.28 bits per heavy atom. The van der Waals surface area contributed by atoms with Crippen molar-refractivity contribution in [3.8, 4) is 6.07 Å². The van der Waals surface area contributed by atoms with Crippen LogP contribution in [0.4, 0.5) is 8.78 Å². The van der Waals surface area contributed by atoms with E-state index in [1.54, 1.807) is 13.0 Å². The van der Waals surface area contributed by atoms with Crippen molar-refractivity contribution in [2.75, 3.05) is 6.61 Å². The average Bonchev–Trinajstić information content (AvgIpc) is 2.29. The maximum Gasteiger partial charge on any atom is 0.310 e. The van der Waals surface area contributed by atoms with Gasteiger partial charge in [0.25, 0.3) is 6.43 Å². The lowest BCUT2D eigenvalue weighted by atomic mass is 10.1. The Balaban J connectivity index is 3.10. The number of hydrogen-bond acceptors (Lipinski definition) is 4. The number of aromatic nitrogens is 1. The van der Waals surface area contributed by atoms with Gasteiger partial charge in [0.15, 0.2) is 0 Å². The molecule has 1 heterocycles. The lowest BCUT2D eigenvalue weighted by molar-refractivity contribution is -0.142. The van der Waals surface area contributed by atoms with Crippen LogP contribution >= 0.6 is 0 Å². The molecule has 4 nitrogen and oxygen atoms in total. The summed E-state index contributed by atoms with van der Waals surface area (Å²) in [5.74, 6) is -0.514. The molecule has 0 spiro atoms. The first-order valence-electron chi connectivity index (χ1n) is 5.33. The van der Waals surface area contributed by atoms with Crippen molar-refractivity contribution in [3.63, 3.8) is 0 Å². The highest BCUT2D eigenvalue weighted by Crippen LogP contribution is 2.23. The number of nitriles is 1. The van der Waals surface area contributed by atoms with E-state index in [1.807, 2.05) is 0 Å². The Kier molecular flexibility index (Phi) is 4.72. The van der Waals surface area contributed by atoms with Crippen LogP contribution in [0.15, 0.2) is 6.07 Å². The average molecular weight is 254 g/mol. The van der Waals surface area contributed by atoms with Gasteiger partial charge in [-0.1, -0.05) is 6.07 Å². The van der Waals surface area contributed by atoms with E-state index in [4.69, 9.17) is 10.00 Å². The number of ether oxygens (including phenoxy) is 1. The molecule has 0 amide bonds. The molecular weight excluding hydrogens is 242 g/mol. The molecule has 0 saturated carbocycles. The Morgan fingerprint density at radius 3 is 2.78 bits per heavy atom. The monoisotopic (exact) mass is 254 g/mol. The molecule has 0 fully saturated rings. The van der Waals surface area contributed by atoms with Crippen molar-refractivity contribution < 1.29 is 18.3 Å². The van der Waals surface area contributed by atoms with Gasteiger partial charge in [0.2, 0.25) is 0 Å². The van der Waals surface area contributed by atoms with Gasteiger partial charge in [-0.05, 0) is 25.0 Å². The van der Waals surface area contributed by atoms with Crippen molar-refractivity contribution >= 4 is 5.97 Å². The number of aryl methyl sites for hydroxylation is 1. The van der Waals surface area contributed by atoms with Crippen molar-refractivity contribution in [2.45, 2.75) is 26.7 Å². The molecule has 0 aliphatic heterocycles.